The molecule has 1 heterocycles. The molecule has 10 heteroatoms. The zero-order valence-electron chi connectivity index (χ0n) is 38.0. The van der Waals surface area contributed by atoms with Gasteiger partial charge >= 0.3 is 6.09 Å². The number of carbonyl (C=O) groups excluding carboxylic acids is 1. The Kier molecular flexibility index (Phi) is 19.5. The van der Waals surface area contributed by atoms with Crippen molar-refractivity contribution in [2.45, 2.75) is 155 Å². The van der Waals surface area contributed by atoms with Crippen molar-refractivity contribution in [3.05, 3.63) is 77.4 Å². The fourth-order valence-corrected chi connectivity index (χ4v) is 9.83. The van der Waals surface area contributed by atoms with E-state index in [1.54, 1.807) is 18.0 Å². The second-order valence-electron chi connectivity index (χ2n) is 17.4. The Hall–Kier alpha value is -3.86. The molecule has 1 amide bonds. The number of likely N-dealkylation sites (N-methyl/N-ethyl adjacent to an activating group) is 1. The summed E-state index contributed by atoms with van der Waals surface area (Å²) >= 11 is 0. The number of hydrogen-bond acceptors (Lipinski definition) is 9. The highest BCUT2D eigenvalue weighted by Gasteiger charge is 2.65. The van der Waals surface area contributed by atoms with Crippen LogP contribution in [0.4, 0.5) is 4.79 Å². The van der Waals surface area contributed by atoms with Crippen molar-refractivity contribution in [1.29, 1.82) is 0 Å². The molecule has 338 valence electrons. The van der Waals surface area contributed by atoms with Crippen molar-refractivity contribution in [3.8, 4) is 17.2 Å². The minimum absolute atomic E-state index is 0.117. The van der Waals surface area contributed by atoms with Crippen molar-refractivity contribution >= 4 is 11.8 Å². The molecule has 61 heavy (non-hydrogen) atoms. The van der Waals surface area contributed by atoms with Crippen LogP contribution in [0.15, 0.2) is 65.9 Å². The summed E-state index contributed by atoms with van der Waals surface area (Å²) in [6.07, 6.45) is 20.8. The molecule has 1 saturated carbocycles. The summed E-state index contributed by atoms with van der Waals surface area (Å²) in [5.41, 5.74) is 5.14. The van der Waals surface area contributed by atoms with E-state index in [9.17, 15) is 15.0 Å². The summed E-state index contributed by atoms with van der Waals surface area (Å²) in [7, 11) is 1.78. The number of aliphatic hydroxyl groups is 2. The van der Waals surface area contributed by atoms with E-state index >= 15 is 0 Å². The average Bonchev–Trinajstić information content (AvgIpc) is 3.26. The normalized spacial score (nSPS) is 23.4. The quantitative estimate of drug-likeness (QED) is 0.0518. The van der Waals surface area contributed by atoms with Crippen LogP contribution in [0, 0.1) is 31.6 Å². The molecular formula is C51H76N2O8. The van der Waals surface area contributed by atoms with Crippen LogP contribution in [0.2, 0.25) is 0 Å². The van der Waals surface area contributed by atoms with E-state index in [0.717, 1.165) is 73.1 Å². The van der Waals surface area contributed by atoms with Crippen LogP contribution in [-0.4, -0.2) is 78.8 Å². The van der Waals surface area contributed by atoms with Gasteiger partial charge in [-0.05, 0) is 112 Å². The Morgan fingerprint density at radius 1 is 0.885 bits per heavy atom. The molecule has 3 aliphatic rings. The number of ether oxygens (including phenoxy) is 4. The molecule has 0 aromatic heterocycles. The van der Waals surface area contributed by atoms with Crippen molar-refractivity contribution < 1.29 is 38.8 Å². The monoisotopic (exact) mass is 845 g/mol. The van der Waals surface area contributed by atoms with Gasteiger partial charge in [0.1, 0.15) is 29.9 Å². The lowest BCUT2D eigenvalue weighted by Gasteiger charge is -2.59. The third kappa shape index (κ3) is 12.4. The van der Waals surface area contributed by atoms with E-state index in [0.29, 0.717) is 44.0 Å². The highest BCUT2D eigenvalue weighted by molar-refractivity contribution is 6.02. The molecule has 0 saturated heterocycles. The number of rotatable bonds is 27. The van der Waals surface area contributed by atoms with Gasteiger partial charge in [-0.25, -0.2) is 4.79 Å². The maximum Gasteiger partial charge on any atom is 0.409 e. The van der Waals surface area contributed by atoms with E-state index in [1.165, 1.54) is 50.5 Å². The van der Waals surface area contributed by atoms with Crippen LogP contribution in [-0.2, 0) is 14.3 Å². The van der Waals surface area contributed by atoms with Gasteiger partial charge in [-0.3, -0.25) is 0 Å². The van der Waals surface area contributed by atoms with Crippen LogP contribution in [0.3, 0.4) is 0 Å². The van der Waals surface area contributed by atoms with Crippen molar-refractivity contribution in [2.24, 2.45) is 22.9 Å². The van der Waals surface area contributed by atoms with E-state index in [2.05, 4.69) is 51.6 Å². The van der Waals surface area contributed by atoms with E-state index in [-0.39, 0.29) is 43.5 Å². The number of allylic oxidation sites excluding steroid dienone is 1. The first-order chi connectivity index (χ1) is 29.7. The molecule has 0 radical (unpaired) electrons. The SMILES string of the molecule is C=CCO[C@@]12Oc3ccc(Oc4ccc(C)c(C)c4)cc3[C@H]3[C@H](CCCCO)[C@@H](CCCCO)C=C(C(=NOCC)C[C@@H]1N(C)C(=O)OCCCCCCCCCCCC)[C@H]32. The first-order valence-electron chi connectivity index (χ1n) is 23.6. The number of nitrogens with zero attached hydrogens (tertiary/aromatic N) is 2. The third-order valence-corrected chi connectivity index (χ3v) is 13.1. The van der Waals surface area contributed by atoms with Gasteiger partial charge in [0.05, 0.1) is 24.8 Å². The van der Waals surface area contributed by atoms with Crippen LogP contribution in [0.5, 0.6) is 17.2 Å². The van der Waals surface area contributed by atoms with Gasteiger partial charge in [0.15, 0.2) is 0 Å². The molecule has 2 N–H and O–H groups in total. The van der Waals surface area contributed by atoms with Gasteiger partial charge in [-0.1, -0.05) is 101 Å². The molecule has 1 aliphatic heterocycles. The zero-order chi connectivity index (χ0) is 43.6. The Morgan fingerprint density at radius 3 is 2.23 bits per heavy atom. The minimum Gasteiger partial charge on any atom is -0.459 e. The molecular weight excluding hydrogens is 769 g/mol. The van der Waals surface area contributed by atoms with Gasteiger partial charge in [0, 0.05) is 38.2 Å². The number of unbranched alkanes of at least 4 members (excludes halogenated alkanes) is 11. The Labute approximate surface area is 366 Å². The molecule has 2 aromatic carbocycles. The number of hydrogen-bond donors (Lipinski definition) is 2. The van der Waals surface area contributed by atoms with Gasteiger partial charge in [0.25, 0.3) is 0 Å². The summed E-state index contributed by atoms with van der Waals surface area (Å²) in [4.78, 5) is 21.6. The summed E-state index contributed by atoms with van der Waals surface area (Å²) in [5, 5.41) is 24.5. The first-order valence-corrected chi connectivity index (χ1v) is 23.6. The second-order valence-corrected chi connectivity index (χ2v) is 17.4. The number of amides is 1. The van der Waals surface area contributed by atoms with Gasteiger partial charge in [-0.2, -0.15) is 0 Å². The number of carbonyl (C=O) groups is 1. The maximum atomic E-state index is 14.1. The number of oxime groups is 1. The summed E-state index contributed by atoms with van der Waals surface area (Å²) < 4.78 is 26.8. The van der Waals surface area contributed by atoms with Gasteiger partial charge in [-0.15, -0.1) is 6.58 Å². The van der Waals surface area contributed by atoms with Crippen LogP contribution in [0.1, 0.15) is 146 Å². The lowest BCUT2D eigenvalue weighted by molar-refractivity contribution is -0.253. The predicted octanol–water partition coefficient (Wildman–Crippen LogP) is 11.7. The predicted molar refractivity (Wildman–Crippen MR) is 244 cm³/mol. The average molecular weight is 845 g/mol. The van der Waals surface area contributed by atoms with Crippen molar-refractivity contribution in [1.82, 2.24) is 4.90 Å². The van der Waals surface area contributed by atoms with Crippen molar-refractivity contribution in [2.75, 3.05) is 40.1 Å². The lowest BCUT2D eigenvalue weighted by atomic mass is 9.55. The second kappa shape index (κ2) is 24.7. The summed E-state index contributed by atoms with van der Waals surface area (Å²) in [6, 6.07) is 11.5. The molecule has 5 rings (SSSR count). The third-order valence-electron chi connectivity index (χ3n) is 13.1. The highest BCUT2D eigenvalue weighted by Crippen LogP contribution is 2.62. The van der Waals surface area contributed by atoms with E-state index in [4.69, 9.17) is 28.9 Å². The number of aliphatic hydroxyl groups excluding tert-OH is 2. The maximum absolute atomic E-state index is 14.1. The fraction of sp³-hybridized carbons (Fsp3) is 0.647. The number of benzene rings is 2. The Balaban J connectivity index is 1.53. The Morgan fingerprint density at radius 2 is 1.56 bits per heavy atom. The van der Waals surface area contributed by atoms with Crippen LogP contribution < -0.4 is 9.47 Å². The molecule has 2 aromatic rings. The summed E-state index contributed by atoms with van der Waals surface area (Å²) in [5.74, 6) is 0.552. The van der Waals surface area contributed by atoms with Crippen LogP contribution in [0.25, 0.3) is 0 Å². The zero-order valence-corrected chi connectivity index (χ0v) is 38.0. The standard InChI is InChI=1S/C51H76N2O8/c1-7-10-11-12-13-14-15-16-17-22-32-57-50(56)53(6)47-36-45(52-59-9-3)43-34-39(23-18-20-29-54)42(24-19-21-30-55)48-44-35-41(60-40-26-25-37(4)38(5)33-40)27-28-46(44)61-51(47,49(43)48)58-31-8-2/h8,25-28,33-35,39,42,47-49,54-55H,2,7,9-24,29-32,36H2,1,3-6H3/t39-,42+,47-,48+,49+,51+/m0/s1. The lowest BCUT2D eigenvalue weighted by Crippen LogP contribution is -2.69. The molecule has 0 bridgehead atoms. The van der Waals surface area contributed by atoms with Crippen LogP contribution >= 0.6 is 0 Å². The first kappa shape index (κ1) is 48.2. The number of aryl methyl sites for hydroxylation is 2. The van der Waals surface area contributed by atoms with Gasteiger partial charge < -0.3 is 38.9 Å². The minimum atomic E-state index is -1.32. The molecule has 0 unspecified atom stereocenters. The van der Waals surface area contributed by atoms with E-state index in [1.807, 2.05) is 25.1 Å². The fourth-order valence-electron chi connectivity index (χ4n) is 9.83. The molecule has 2 aliphatic carbocycles. The largest absolute Gasteiger partial charge is 0.459 e. The molecule has 0 spiro atoms. The summed E-state index contributed by atoms with van der Waals surface area (Å²) in [6.45, 7) is 13.6. The van der Waals surface area contributed by atoms with Gasteiger partial charge in [0.2, 0.25) is 5.79 Å². The topological polar surface area (TPSA) is 119 Å². The van der Waals surface area contributed by atoms with E-state index < -0.39 is 17.9 Å². The smallest absolute Gasteiger partial charge is 0.409 e. The van der Waals surface area contributed by atoms with Crippen molar-refractivity contribution in [3.63, 3.8) is 0 Å². The Bertz CT molecular complexity index is 1740. The molecule has 1 fully saturated rings. The molecule has 10 nitrogen and oxygen atoms in total. The number of fused-ring (bicyclic) bond motifs is 2. The highest BCUT2D eigenvalue weighted by atomic mass is 16.7. The molecule has 6 atom stereocenters.